The van der Waals surface area contributed by atoms with Crippen LogP contribution in [0.3, 0.4) is 0 Å². The molecule has 2 aliphatic heterocycles. The zero-order chi connectivity index (χ0) is 17.2. The van der Waals surface area contributed by atoms with E-state index in [9.17, 15) is 4.79 Å². The van der Waals surface area contributed by atoms with Crippen molar-refractivity contribution < 1.29 is 4.79 Å². The number of aromatic nitrogens is 5. The number of anilines is 1. The fraction of sp³-hybridized carbons (Fsp3) is 0.647. The summed E-state index contributed by atoms with van der Waals surface area (Å²) >= 11 is 0. The number of nitrogens with zero attached hydrogens (tertiary/aromatic N) is 6. The summed E-state index contributed by atoms with van der Waals surface area (Å²) in [6.07, 6.45) is 7.29. The summed E-state index contributed by atoms with van der Waals surface area (Å²) in [6.45, 7) is 6.78. The summed E-state index contributed by atoms with van der Waals surface area (Å²) in [7, 11) is 0. The number of carbonyl (C=O) groups excluding carboxylic acids is 1. The molecule has 1 aliphatic carbocycles. The normalized spacial score (nSPS) is 24.4. The van der Waals surface area contributed by atoms with Gasteiger partial charge in [0.2, 0.25) is 11.8 Å². The van der Waals surface area contributed by atoms with Crippen molar-refractivity contribution >= 4 is 11.9 Å². The zero-order valence-electron chi connectivity index (χ0n) is 14.6. The standard InChI is InChI=1S/C17H23N7O/c1-17(2)10-23(12(17)14-18-7-9-22(14)11-4-5-11)15(25)13-20-16-19-6-3-8-24(16)21-13/h7,9,11-12H,3-6,8,10H2,1-2H3,(H,19,20,21). The number of amides is 1. The van der Waals surface area contributed by atoms with Crippen LogP contribution in [0.2, 0.25) is 0 Å². The first kappa shape index (κ1) is 14.9. The van der Waals surface area contributed by atoms with Crippen molar-refractivity contribution in [2.75, 3.05) is 18.4 Å². The number of hydrogen-bond acceptors (Lipinski definition) is 5. The molecule has 2 aromatic rings. The van der Waals surface area contributed by atoms with Gasteiger partial charge in [-0.25, -0.2) is 9.67 Å². The van der Waals surface area contributed by atoms with Crippen molar-refractivity contribution in [3.05, 3.63) is 24.0 Å². The molecule has 1 atom stereocenters. The molecule has 0 radical (unpaired) electrons. The Labute approximate surface area is 146 Å². The summed E-state index contributed by atoms with van der Waals surface area (Å²) < 4.78 is 4.04. The molecule has 1 unspecified atom stereocenters. The molecule has 8 nitrogen and oxygen atoms in total. The highest BCUT2D eigenvalue weighted by molar-refractivity contribution is 5.92. The van der Waals surface area contributed by atoms with Crippen LogP contribution in [0.1, 0.15) is 61.6 Å². The second kappa shape index (κ2) is 5.06. The average molecular weight is 341 g/mol. The maximum atomic E-state index is 13.1. The van der Waals surface area contributed by atoms with E-state index >= 15 is 0 Å². The first-order valence-electron chi connectivity index (χ1n) is 9.07. The summed E-state index contributed by atoms with van der Waals surface area (Å²) in [5.74, 6) is 1.88. The Morgan fingerprint density at radius 3 is 2.92 bits per heavy atom. The molecule has 4 heterocycles. The minimum atomic E-state index is -0.0987. The van der Waals surface area contributed by atoms with Gasteiger partial charge in [0.25, 0.3) is 5.91 Å². The SMILES string of the molecule is CC1(C)CN(C(=O)c2nc3n(n2)CCCN3)C1c1nccn1C1CC1. The fourth-order valence-corrected chi connectivity index (χ4v) is 4.08. The third kappa shape index (κ3) is 2.26. The molecule has 25 heavy (non-hydrogen) atoms. The van der Waals surface area contributed by atoms with Crippen LogP contribution in [0, 0.1) is 5.41 Å². The molecule has 8 heteroatoms. The van der Waals surface area contributed by atoms with E-state index in [0.717, 1.165) is 25.3 Å². The minimum Gasteiger partial charge on any atom is -0.354 e. The first-order valence-corrected chi connectivity index (χ1v) is 9.07. The Balaban J connectivity index is 1.45. The van der Waals surface area contributed by atoms with Gasteiger partial charge in [-0.2, -0.15) is 4.98 Å². The van der Waals surface area contributed by atoms with Crippen molar-refractivity contribution in [1.29, 1.82) is 0 Å². The fourth-order valence-electron chi connectivity index (χ4n) is 4.08. The van der Waals surface area contributed by atoms with Gasteiger partial charge in [-0.15, -0.1) is 5.10 Å². The number of nitrogens with one attached hydrogen (secondary N) is 1. The van der Waals surface area contributed by atoms with Crippen LogP contribution >= 0.6 is 0 Å². The Kier molecular flexibility index (Phi) is 3.02. The molecule has 5 rings (SSSR count). The van der Waals surface area contributed by atoms with E-state index in [1.807, 2.05) is 17.3 Å². The van der Waals surface area contributed by atoms with Gasteiger partial charge in [-0.3, -0.25) is 4.79 Å². The zero-order valence-corrected chi connectivity index (χ0v) is 14.6. The first-order chi connectivity index (χ1) is 12.0. The van der Waals surface area contributed by atoms with Gasteiger partial charge >= 0.3 is 0 Å². The Hall–Kier alpha value is -2.38. The highest BCUT2D eigenvalue weighted by Crippen LogP contribution is 2.50. The maximum absolute atomic E-state index is 13.1. The lowest BCUT2D eigenvalue weighted by Crippen LogP contribution is -2.58. The van der Waals surface area contributed by atoms with Crippen LogP contribution in [0.15, 0.2) is 12.4 Å². The van der Waals surface area contributed by atoms with E-state index in [1.54, 1.807) is 4.68 Å². The van der Waals surface area contributed by atoms with Crippen LogP contribution in [-0.4, -0.2) is 48.2 Å². The van der Waals surface area contributed by atoms with Crippen molar-refractivity contribution in [3.63, 3.8) is 0 Å². The maximum Gasteiger partial charge on any atom is 0.294 e. The van der Waals surface area contributed by atoms with Crippen LogP contribution in [0.25, 0.3) is 0 Å². The topological polar surface area (TPSA) is 80.9 Å². The van der Waals surface area contributed by atoms with Gasteiger partial charge in [-0.05, 0) is 19.3 Å². The van der Waals surface area contributed by atoms with Gasteiger partial charge in [0.05, 0.1) is 6.04 Å². The quantitative estimate of drug-likeness (QED) is 0.921. The number of hydrogen-bond donors (Lipinski definition) is 1. The van der Waals surface area contributed by atoms with Crippen LogP contribution < -0.4 is 5.32 Å². The largest absolute Gasteiger partial charge is 0.354 e. The number of imidazole rings is 1. The summed E-state index contributed by atoms with van der Waals surface area (Å²) in [5.41, 5.74) is 0.00521. The van der Waals surface area contributed by atoms with E-state index in [-0.39, 0.29) is 23.2 Å². The van der Waals surface area contributed by atoms with Gasteiger partial charge in [0.15, 0.2) is 0 Å². The van der Waals surface area contributed by atoms with Gasteiger partial charge < -0.3 is 14.8 Å². The lowest BCUT2D eigenvalue weighted by Gasteiger charge is -2.53. The molecule has 3 aliphatic rings. The number of rotatable bonds is 3. The van der Waals surface area contributed by atoms with E-state index in [1.165, 1.54) is 12.8 Å². The minimum absolute atomic E-state index is 0.00521. The molecule has 2 fully saturated rings. The van der Waals surface area contributed by atoms with Gasteiger partial charge in [0, 0.05) is 43.5 Å². The van der Waals surface area contributed by atoms with Crippen LogP contribution in [0.5, 0.6) is 0 Å². The molecular weight excluding hydrogens is 318 g/mol. The number of likely N-dealkylation sites (tertiary alicyclic amines) is 1. The summed E-state index contributed by atoms with van der Waals surface area (Å²) in [5, 5.41) is 7.61. The third-order valence-electron chi connectivity index (χ3n) is 5.47. The molecule has 0 bridgehead atoms. The average Bonchev–Trinajstić information content (AvgIpc) is 3.16. The molecule has 1 saturated carbocycles. The molecule has 1 amide bonds. The summed E-state index contributed by atoms with van der Waals surface area (Å²) in [6, 6.07) is 0.525. The van der Waals surface area contributed by atoms with Crippen molar-refractivity contribution in [1.82, 2.24) is 29.2 Å². The molecule has 132 valence electrons. The molecule has 0 spiro atoms. The lowest BCUT2D eigenvalue weighted by molar-refractivity contribution is -0.0386. The lowest BCUT2D eigenvalue weighted by atomic mass is 9.74. The molecule has 2 aromatic heterocycles. The van der Waals surface area contributed by atoms with E-state index in [2.05, 4.69) is 38.8 Å². The van der Waals surface area contributed by atoms with Crippen molar-refractivity contribution in [2.24, 2.45) is 5.41 Å². The van der Waals surface area contributed by atoms with Crippen molar-refractivity contribution in [2.45, 2.75) is 51.7 Å². The molecular formula is C17H23N7O. The Bertz CT molecular complexity index is 808. The van der Waals surface area contributed by atoms with E-state index < -0.39 is 0 Å². The van der Waals surface area contributed by atoms with Crippen molar-refractivity contribution in [3.8, 4) is 0 Å². The Morgan fingerprint density at radius 2 is 2.20 bits per heavy atom. The summed E-state index contributed by atoms with van der Waals surface area (Å²) in [4.78, 5) is 23.9. The van der Waals surface area contributed by atoms with Gasteiger partial charge in [-0.1, -0.05) is 13.8 Å². The molecule has 0 aromatic carbocycles. The second-order valence-electron chi connectivity index (χ2n) is 8.01. The third-order valence-corrected chi connectivity index (χ3v) is 5.47. The predicted molar refractivity (Wildman–Crippen MR) is 91.2 cm³/mol. The van der Waals surface area contributed by atoms with Crippen LogP contribution in [-0.2, 0) is 6.54 Å². The van der Waals surface area contributed by atoms with Gasteiger partial charge in [0.1, 0.15) is 5.82 Å². The monoisotopic (exact) mass is 341 g/mol. The van der Waals surface area contributed by atoms with E-state index in [0.29, 0.717) is 18.5 Å². The van der Waals surface area contributed by atoms with Crippen LogP contribution in [0.4, 0.5) is 5.95 Å². The number of carbonyl (C=O) groups is 1. The number of aryl methyl sites for hydroxylation is 1. The second-order valence-corrected chi connectivity index (χ2v) is 8.01. The predicted octanol–water partition coefficient (Wildman–Crippen LogP) is 1.85. The highest BCUT2D eigenvalue weighted by atomic mass is 16.2. The molecule has 1 saturated heterocycles. The number of fused-ring (bicyclic) bond motifs is 1. The highest BCUT2D eigenvalue weighted by Gasteiger charge is 2.52. The van der Waals surface area contributed by atoms with E-state index in [4.69, 9.17) is 0 Å². The smallest absolute Gasteiger partial charge is 0.294 e. The Morgan fingerprint density at radius 1 is 1.36 bits per heavy atom. The molecule has 1 N–H and O–H groups in total.